The van der Waals surface area contributed by atoms with Crippen molar-refractivity contribution in [3.8, 4) is 0 Å². The second kappa shape index (κ2) is 11.0. The van der Waals surface area contributed by atoms with Crippen molar-refractivity contribution < 1.29 is 28.7 Å². The van der Waals surface area contributed by atoms with Crippen molar-refractivity contribution in [2.45, 2.75) is 24.9 Å². The van der Waals surface area contributed by atoms with Gasteiger partial charge in [0.2, 0.25) is 11.8 Å². The first-order valence-electron chi connectivity index (χ1n) is 8.49. The smallest absolute Gasteiger partial charge is 0.329 e. The summed E-state index contributed by atoms with van der Waals surface area (Å²) in [6, 6.07) is 5.39. The molecule has 0 radical (unpaired) electrons. The van der Waals surface area contributed by atoms with Gasteiger partial charge >= 0.3 is 11.9 Å². The van der Waals surface area contributed by atoms with Crippen molar-refractivity contribution in [2.24, 2.45) is 0 Å². The first-order chi connectivity index (χ1) is 13.4. The highest BCUT2D eigenvalue weighted by Gasteiger charge is 2.25. The second-order valence-electron chi connectivity index (χ2n) is 6.03. The quantitative estimate of drug-likeness (QED) is 0.519. The molecule has 0 saturated heterocycles. The van der Waals surface area contributed by atoms with Gasteiger partial charge in [0.1, 0.15) is 12.1 Å². The Balaban J connectivity index is 2.20. The number of hydrogen-bond acceptors (Lipinski definition) is 8. The van der Waals surface area contributed by atoms with Crippen molar-refractivity contribution in [3.63, 3.8) is 0 Å². The Labute approximate surface area is 170 Å². The Hall–Kier alpha value is -2.20. The average Bonchev–Trinajstić information content (AvgIpc) is 2.68. The highest BCUT2D eigenvalue weighted by molar-refractivity contribution is 8.76. The molecule has 2 heterocycles. The zero-order chi connectivity index (χ0) is 20.5. The minimum Gasteiger partial charge on any atom is -0.467 e. The second-order valence-corrected chi connectivity index (χ2v) is 8.58. The van der Waals surface area contributed by atoms with Crippen molar-refractivity contribution in [1.82, 2.24) is 10.6 Å². The molecule has 0 spiro atoms. The Morgan fingerprint density at radius 3 is 1.50 bits per heavy atom. The van der Waals surface area contributed by atoms with E-state index in [4.69, 9.17) is 9.47 Å². The molecular formula is C18H22N2O6S2. The van der Waals surface area contributed by atoms with Gasteiger partial charge in [0, 0.05) is 11.5 Å². The van der Waals surface area contributed by atoms with E-state index in [0.717, 1.165) is 11.1 Å². The van der Waals surface area contributed by atoms with E-state index in [-0.39, 0.29) is 36.2 Å². The summed E-state index contributed by atoms with van der Waals surface area (Å²) in [7, 11) is 5.10. The normalized spacial score (nSPS) is 21.4. The van der Waals surface area contributed by atoms with Gasteiger partial charge in [0.15, 0.2) is 0 Å². The fourth-order valence-corrected chi connectivity index (χ4v) is 4.79. The van der Waals surface area contributed by atoms with E-state index in [1.807, 2.05) is 0 Å². The summed E-state index contributed by atoms with van der Waals surface area (Å²) in [5.74, 6) is -1.18. The lowest BCUT2D eigenvalue weighted by Crippen LogP contribution is -2.44. The van der Waals surface area contributed by atoms with Crippen LogP contribution in [0.2, 0.25) is 0 Å². The van der Waals surface area contributed by atoms with Gasteiger partial charge in [-0.05, 0) is 11.1 Å². The monoisotopic (exact) mass is 426 g/mol. The number of benzene rings is 1. The number of ether oxygens (including phenoxy) is 2. The number of amides is 2. The maximum Gasteiger partial charge on any atom is 0.329 e. The van der Waals surface area contributed by atoms with Gasteiger partial charge in [0.25, 0.3) is 0 Å². The number of nitrogens with one attached hydrogen (secondary N) is 2. The molecule has 1 aromatic carbocycles. The molecular weight excluding hydrogens is 404 g/mol. The van der Waals surface area contributed by atoms with E-state index in [9.17, 15) is 19.2 Å². The molecule has 0 aliphatic carbocycles. The van der Waals surface area contributed by atoms with E-state index in [0.29, 0.717) is 0 Å². The van der Waals surface area contributed by atoms with Crippen LogP contribution in [0.1, 0.15) is 11.1 Å². The lowest BCUT2D eigenvalue weighted by Gasteiger charge is -2.19. The van der Waals surface area contributed by atoms with Crippen LogP contribution in [0, 0.1) is 0 Å². The van der Waals surface area contributed by atoms with Gasteiger partial charge in [-0.3, -0.25) is 9.59 Å². The third-order valence-electron chi connectivity index (χ3n) is 3.95. The van der Waals surface area contributed by atoms with Crippen LogP contribution in [0.5, 0.6) is 0 Å². The number of carbonyl (C=O) groups excluding carboxylic acids is 4. The summed E-state index contributed by atoms with van der Waals surface area (Å²) in [6.45, 7) is 0. The molecule has 0 aromatic heterocycles. The van der Waals surface area contributed by atoms with Gasteiger partial charge in [-0.1, -0.05) is 45.9 Å². The van der Waals surface area contributed by atoms with Crippen LogP contribution in [0.25, 0.3) is 0 Å². The summed E-state index contributed by atoms with van der Waals surface area (Å²) in [5.41, 5.74) is 1.51. The topological polar surface area (TPSA) is 111 Å². The van der Waals surface area contributed by atoms with Crippen molar-refractivity contribution in [2.75, 3.05) is 25.7 Å². The zero-order valence-electron chi connectivity index (χ0n) is 15.6. The van der Waals surface area contributed by atoms with Crippen LogP contribution in [0.15, 0.2) is 24.3 Å². The number of carbonyl (C=O) groups is 4. The van der Waals surface area contributed by atoms with Gasteiger partial charge in [-0.25, -0.2) is 9.59 Å². The maximum atomic E-state index is 12.3. The molecule has 2 N–H and O–H groups in total. The first kappa shape index (κ1) is 22.1. The molecule has 1 aromatic rings. The molecule has 0 fully saturated rings. The van der Waals surface area contributed by atoms with Gasteiger partial charge in [-0.15, -0.1) is 0 Å². The largest absolute Gasteiger partial charge is 0.467 e. The molecule has 8 nitrogen and oxygen atoms in total. The molecule has 2 bridgehead atoms. The molecule has 28 heavy (non-hydrogen) atoms. The van der Waals surface area contributed by atoms with Crippen LogP contribution in [0.3, 0.4) is 0 Å². The Morgan fingerprint density at radius 2 is 1.18 bits per heavy atom. The number of fused-ring (bicyclic) bond motifs is 13. The van der Waals surface area contributed by atoms with Crippen molar-refractivity contribution >= 4 is 45.3 Å². The van der Waals surface area contributed by atoms with Crippen LogP contribution in [0.4, 0.5) is 0 Å². The predicted octanol–water partition coefficient (Wildman–Crippen LogP) is 0.482. The Kier molecular flexibility index (Phi) is 8.65. The lowest BCUT2D eigenvalue weighted by molar-refractivity contribution is -0.144. The Morgan fingerprint density at radius 1 is 0.821 bits per heavy atom. The van der Waals surface area contributed by atoms with Crippen LogP contribution in [-0.2, 0) is 41.5 Å². The minimum absolute atomic E-state index is 0.113. The number of methoxy groups -OCH3 is 2. The molecule has 3 rings (SSSR count). The van der Waals surface area contributed by atoms with Gasteiger partial charge < -0.3 is 20.1 Å². The van der Waals surface area contributed by atoms with Crippen molar-refractivity contribution in [3.05, 3.63) is 35.4 Å². The van der Waals surface area contributed by atoms with E-state index >= 15 is 0 Å². The van der Waals surface area contributed by atoms with Crippen LogP contribution < -0.4 is 10.6 Å². The van der Waals surface area contributed by atoms with Crippen LogP contribution in [-0.4, -0.2) is 61.6 Å². The van der Waals surface area contributed by atoms with Crippen molar-refractivity contribution in [1.29, 1.82) is 0 Å². The highest BCUT2D eigenvalue weighted by Crippen LogP contribution is 2.24. The molecule has 2 unspecified atom stereocenters. The summed E-state index contributed by atoms with van der Waals surface area (Å²) in [6.07, 6.45) is 0.227. The van der Waals surface area contributed by atoms with Gasteiger partial charge in [0.05, 0.1) is 27.1 Å². The molecule has 2 aliphatic rings. The summed E-state index contributed by atoms with van der Waals surface area (Å²) in [4.78, 5) is 48.4. The third-order valence-corrected chi connectivity index (χ3v) is 6.37. The third kappa shape index (κ3) is 6.75. The molecule has 0 saturated carbocycles. The zero-order valence-corrected chi connectivity index (χ0v) is 17.2. The highest BCUT2D eigenvalue weighted by atomic mass is 33.1. The molecule has 2 atom stereocenters. The maximum absolute atomic E-state index is 12.3. The molecule has 10 heteroatoms. The fraction of sp³-hybridized carbons (Fsp3) is 0.444. The minimum atomic E-state index is -0.812. The van der Waals surface area contributed by atoms with E-state index < -0.39 is 24.0 Å². The number of rotatable bonds is 2. The first-order valence-corrected chi connectivity index (χ1v) is 11.0. The fourth-order valence-electron chi connectivity index (χ4n) is 2.49. The Bertz CT molecular complexity index is 664. The molecule has 2 aliphatic heterocycles. The summed E-state index contributed by atoms with van der Waals surface area (Å²) >= 11 is 0. The number of hydrogen-bond donors (Lipinski definition) is 2. The van der Waals surface area contributed by atoms with Gasteiger partial charge in [-0.2, -0.15) is 0 Å². The number of esters is 2. The molecule has 152 valence electrons. The summed E-state index contributed by atoms with van der Waals surface area (Å²) < 4.78 is 9.50. The average molecular weight is 427 g/mol. The lowest BCUT2D eigenvalue weighted by atomic mass is 10.1. The SMILES string of the molecule is COC(=O)C1CSSCC(C(=O)OC)NC(=O)Cc2ccc(cc2)CC(=O)N1. The standard InChI is InChI=1S/C18H22N2O6S2/c1-25-17(23)13-9-27-28-10-14(18(24)26-2)20-16(22)8-12-5-3-11(4-6-12)7-15(21)19-13/h3-6,13-14H,7-10H2,1-2H3,(H,19,21)(H,20,22). The molecule has 2 amide bonds. The predicted molar refractivity (Wildman–Crippen MR) is 107 cm³/mol. The summed E-state index contributed by atoms with van der Waals surface area (Å²) in [5, 5.41) is 5.36. The van der Waals surface area contributed by atoms with Crippen LogP contribution >= 0.6 is 21.6 Å². The van der Waals surface area contributed by atoms with E-state index in [1.165, 1.54) is 35.8 Å². The van der Waals surface area contributed by atoms with E-state index in [2.05, 4.69) is 10.6 Å². The van der Waals surface area contributed by atoms with E-state index in [1.54, 1.807) is 24.3 Å².